The smallest absolute Gasteiger partial charge is 0.251 e. The Bertz CT molecular complexity index is 1360. The highest BCUT2D eigenvalue weighted by Crippen LogP contribution is 2.31. The van der Waals surface area contributed by atoms with Gasteiger partial charge >= 0.3 is 0 Å². The molecule has 0 saturated carbocycles. The van der Waals surface area contributed by atoms with Gasteiger partial charge in [-0.2, -0.15) is 0 Å². The van der Waals surface area contributed by atoms with Gasteiger partial charge < -0.3 is 5.32 Å². The maximum Gasteiger partial charge on any atom is 0.251 e. The normalized spacial score (nSPS) is 11.1. The Labute approximate surface area is 236 Å². The first-order valence-electron chi connectivity index (χ1n) is 12.6. The Morgan fingerprint density at radius 2 is 1.68 bits per heavy atom. The summed E-state index contributed by atoms with van der Waals surface area (Å²) in [5, 5.41) is 13.2. The van der Waals surface area contributed by atoms with Gasteiger partial charge in [0.25, 0.3) is 5.91 Å². The lowest BCUT2D eigenvalue weighted by molar-refractivity contribution is 0.0949. The van der Waals surface area contributed by atoms with Crippen molar-refractivity contribution in [2.75, 3.05) is 0 Å². The van der Waals surface area contributed by atoms with E-state index in [0.29, 0.717) is 38.0 Å². The van der Waals surface area contributed by atoms with Gasteiger partial charge in [0.05, 0.1) is 17.3 Å². The molecular weight excluding hydrogens is 542 g/mol. The average Bonchev–Trinajstić information content (AvgIpc) is 3.33. The van der Waals surface area contributed by atoms with Crippen LogP contribution in [0.25, 0.3) is 5.69 Å². The highest BCUT2D eigenvalue weighted by molar-refractivity contribution is 7.98. The fourth-order valence-corrected chi connectivity index (χ4v) is 5.26. The van der Waals surface area contributed by atoms with Gasteiger partial charge in [0.2, 0.25) is 0 Å². The number of carbonyl (C=O) groups is 1. The molecule has 0 aliphatic carbocycles. The highest BCUT2D eigenvalue weighted by atomic mass is 35.5. The van der Waals surface area contributed by atoms with Crippen LogP contribution in [-0.4, -0.2) is 20.7 Å². The number of amides is 1. The number of unbranched alkanes of at least 4 members (excludes halogenated alkanes) is 3. The Hall–Kier alpha value is -2.87. The van der Waals surface area contributed by atoms with Crippen molar-refractivity contribution >= 4 is 40.9 Å². The summed E-state index contributed by atoms with van der Waals surface area (Å²) in [5.74, 6) is 0.576. The molecule has 0 atom stereocenters. The van der Waals surface area contributed by atoms with Crippen LogP contribution in [0.3, 0.4) is 0 Å². The molecule has 4 aromatic rings. The molecule has 198 valence electrons. The summed E-state index contributed by atoms with van der Waals surface area (Å²) in [6, 6.07) is 19.2. The maximum absolute atomic E-state index is 13.3. The summed E-state index contributed by atoms with van der Waals surface area (Å²) in [5.41, 5.74) is 3.37. The molecule has 5 nitrogen and oxygen atoms in total. The minimum Gasteiger partial charge on any atom is -0.345 e. The molecule has 1 heterocycles. The summed E-state index contributed by atoms with van der Waals surface area (Å²) >= 11 is 14.2. The summed E-state index contributed by atoms with van der Waals surface area (Å²) < 4.78 is 15.1. The third-order valence-electron chi connectivity index (χ3n) is 6.07. The van der Waals surface area contributed by atoms with Gasteiger partial charge in [0.15, 0.2) is 11.0 Å². The quantitative estimate of drug-likeness (QED) is 0.138. The van der Waals surface area contributed by atoms with Crippen molar-refractivity contribution in [1.82, 2.24) is 20.1 Å². The van der Waals surface area contributed by atoms with Crippen LogP contribution < -0.4 is 5.32 Å². The number of nitrogens with one attached hydrogen (secondary N) is 1. The summed E-state index contributed by atoms with van der Waals surface area (Å²) in [6.45, 7) is 2.34. The fraction of sp³-hybridized carbons (Fsp3) is 0.276. The van der Waals surface area contributed by atoms with E-state index >= 15 is 0 Å². The molecule has 9 heteroatoms. The highest BCUT2D eigenvalue weighted by Gasteiger charge is 2.18. The summed E-state index contributed by atoms with van der Waals surface area (Å²) in [4.78, 5) is 12.9. The van der Waals surface area contributed by atoms with E-state index < -0.39 is 0 Å². The number of benzene rings is 3. The number of hydrogen-bond donors (Lipinski definition) is 1. The molecule has 38 heavy (non-hydrogen) atoms. The molecule has 1 amide bonds. The van der Waals surface area contributed by atoms with Crippen molar-refractivity contribution in [2.24, 2.45) is 0 Å². The first-order chi connectivity index (χ1) is 18.4. The lowest BCUT2D eigenvalue weighted by atomic mass is 10.0. The van der Waals surface area contributed by atoms with E-state index in [1.807, 2.05) is 24.3 Å². The van der Waals surface area contributed by atoms with E-state index in [0.717, 1.165) is 18.4 Å². The summed E-state index contributed by atoms with van der Waals surface area (Å²) in [7, 11) is 0. The van der Waals surface area contributed by atoms with Crippen molar-refractivity contribution in [3.8, 4) is 5.69 Å². The molecule has 0 unspecified atom stereocenters. The molecule has 0 radical (unpaired) electrons. The van der Waals surface area contributed by atoms with E-state index in [-0.39, 0.29) is 18.3 Å². The van der Waals surface area contributed by atoms with Gasteiger partial charge in [-0.25, -0.2) is 4.39 Å². The molecule has 1 aromatic heterocycles. The number of hydrogen-bond acceptors (Lipinski definition) is 4. The van der Waals surface area contributed by atoms with Crippen LogP contribution in [0.4, 0.5) is 4.39 Å². The second kappa shape index (κ2) is 13.8. The van der Waals surface area contributed by atoms with Crippen LogP contribution in [0.15, 0.2) is 71.9 Å². The molecule has 4 rings (SSSR count). The standard InChI is InChI=1S/C29H29Cl2FN4OS/c1-2-3-4-5-6-20-7-11-22(12-8-20)28(37)33-18-27-34-35-29(38-19-21-9-14-24(32)15-10-21)36(27)26-17-23(30)13-16-25(26)31/h7-17H,2-6,18-19H2,1H3,(H,33,37). The predicted octanol–water partition coefficient (Wildman–Crippen LogP) is 8.06. The predicted molar refractivity (Wildman–Crippen MR) is 153 cm³/mol. The van der Waals surface area contributed by atoms with Crippen molar-refractivity contribution < 1.29 is 9.18 Å². The number of aryl methyl sites for hydroxylation is 1. The van der Waals surface area contributed by atoms with Crippen molar-refractivity contribution in [3.05, 3.63) is 105 Å². The van der Waals surface area contributed by atoms with Gasteiger partial charge in [-0.3, -0.25) is 9.36 Å². The van der Waals surface area contributed by atoms with Gasteiger partial charge in [0, 0.05) is 16.3 Å². The summed E-state index contributed by atoms with van der Waals surface area (Å²) in [6.07, 6.45) is 5.86. The zero-order valence-electron chi connectivity index (χ0n) is 21.1. The Morgan fingerprint density at radius 1 is 0.947 bits per heavy atom. The van der Waals surface area contributed by atoms with Crippen molar-refractivity contribution in [1.29, 1.82) is 0 Å². The number of rotatable bonds is 12. The van der Waals surface area contributed by atoms with E-state index in [4.69, 9.17) is 23.2 Å². The molecule has 0 spiro atoms. The van der Waals surface area contributed by atoms with Crippen molar-refractivity contribution in [2.45, 2.75) is 56.5 Å². The van der Waals surface area contributed by atoms with E-state index in [1.165, 1.54) is 48.7 Å². The Kier molecular flexibility index (Phi) is 10.2. The lowest BCUT2D eigenvalue weighted by Crippen LogP contribution is -2.24. The largest absolute Gasteiger partial charge is 0.345 e. The number of thioether (sulfide) groups is 1. The van der Waals surface area contributed by atoms with Gasteiger partial charge in [-0.1, -0.05) is 85.4 Å². The molecule has 0 aliphatic heterocycles. The molecule has 3 aromatic carbocycles. The second-order valence-electron chi connectivity index (χ2n) is 8.94. The second-order valence-corrected chi connectivity index (χ2v) is 10.7. The van der Waals surface area contributed by atoms with E-state index in [1.54, 1.807) is 34.9 Å². The molecular formula is C29H29Cl2FN4OS. The maximum atomic E-state index is 13.3. The van der Waals surface area contributed by atoms with Crippen LogP contribution >= 0.6 is 35.0 Å². The molecule has 0 bridgehead atoms. The van der Waals surface area contributed by atoms with Crippen LogP contribution in [0.5, 0.6) is 0 Å². The zero-order valence-corrected chi connectivity index (χ0v) is 23.4. The minimum atomic E-state index is -0.285. The molecule has 0 saturated heterocycles. The van der Waals surface area contributed by atoms with Crippen LogP contribution in [-0.2, 0) is 18.7 Å². The Morgan fingerprint density at radius 3 is 2.42 bits per heavy atom. The zero-order chi connectivity index (χ0) is 26.9. The van der Waals surface area contributed by atoms with Crippen LogP contribution in [0, 0.1) is 5.82 Å². The molecule has 0 fully saturated rings. The van der Waals surface area contributed by atoms with Crippen LogP contribution in [0.2, 0.25) is 10.0 Å². The lowest BCUT2D eigenvalue weighted by Gasteiger charge is -2.13. The first-order valence-corrected chi connectivity index (χ1v) is 14.3. The van der Waals surface area contributed by atoms with Gasteiger partial charge in [-0.15, -0.1) is 10.2 Å². The number of nitrogens with zero attached hydrogens (tertiary/aromatic N) is 3. The monoisotopic (exact) mass is 570 g/mol. The van der Waals surface area contributed by atoms with Gasteiger partial charge in [-0.05, 0) is 66.4 Å². The number of halogens is 3. The van der Waals surface area contributed by atoms with E-state index in [9.17, 15) is 9.18 Å². The van der Waals surface area contributed by atoms with E-state index in [2.05, 4.69) is 22.4 Å². The third kappa shape index (κ3) is 7.59. The Balaban J connectivity index is 1.48. The minimum absolute atomic E-state index is 0.143. The third-order valence-corrected chi connectivity index (χ3v) is 7.63. The SMILES string of the molecule is CCCCCCc1ccc(C(=O)NCc2nnc(SCc3ccc(F)cc3)n2-c2cc(Cl)ccc2Cl)cc1. The average molecular weight is 572 g/mol. The van der Waals surface area contributed by atoms with Gasteiger partial charge in [0.1, 0.15) is 5.82 Å². The molecule has 0 aliphatic rings. The first kappa shape index (κ1) is 28.1. The fourth-order valence-electron chi connectivity index (χ4n) is 3.98. The number of carbonyl (C=O) groups excluding carboxylic acids is 1. The van der Waals surface area contributed by atoms with Crippen LogP contribution in [0.1, 0.15) is 59.9 Å². The van der Waals surface area contributed by atoms with Crippen molar-refractivity contribution in [3.63, 3.8) is 0 Å². The topological polar surface area (TPSA) is 59.8 Å². The molecule has 1 N–H and O–H groups in total. The number of aromatic nitrogens is 3.